The smallest absolute Gasteiger partial charge is 0.280 e. The molecule has 1 aromatic carbocycles. The van der Waals surface area contributed by atoms with E-state index in [2.05, 4.69) is 25.4 Å². The lowest BCUT2D eigenvalue weighted by Gasteiger charge is -2.14. The van der Waals surface area contributed by atoms with Gasteiger partial charge in [0.25, 0.3) is 5.91 Å². The number of halogens is 2. The first-order chi connectivity index (χ1) is 18.8. The largest absolute Gasteiger partial charge is 0.383 e. The highest BCUT2D eigenvalue weighted by molar-refractivity contribution is 6.30. The van der Waals surface area contributed by atoms with E-state index in [9.17, 15) is 14.0 Å². The lowest BCUT2D eigenvalue weighted by atomic mass is 10.1. The van der Waals surface area contributed by atoms with E-state index in [-0.39, 0.29) is 29.7 Å². The fourth-order valence-corrected chi connectivity index (χ4v) is 4.30. The van der Waals surface area contributed by atoms with Crippen LogP contribution in [0.25, 0.3) is 33.4 Å². The van der Waals surface area contributed by atoms with Gasteiger partial charge in [-0.2, -0.15) is 5.10 Å². The van der Waals surface area contributed by atoms with E-state index < -0.39 is 18.0 Å². The summed E-state index contributed by atoms with van der Waals surface area (Å²) in [6.07, 6.45) is 6.13. The molecule has 0 saturated heterocycles. The highest BCUT2D eigenvalue weighted by Crippen LogP contribution is 2.33. The molecule has 3 N–H and O–H groups in total. The van der Waals surface area contributed by atoms with Crippen molar-refractivity contribution in [2.24, 2.45) is 0 Å². The summed E-state index contributed by atoms with van der Waals surface area (Å²) in [5.74, 6) is -0.372. The first kappa shape index (κ1) is 26.0. The second-order valence-electron chi connectivity index (χ2n) is 9.07. The summed E-state index contributed by atoms with van der Waals surface area (Å²) in [4.78, 5) is 39.0. The number of carbonyl (C=O) groups is 1. The van der Waals surface area contributed by atoms with E-state index in [0.29, 0.717) is 27.4 Å². The molecule has 4 aromatic heterocycles. The van der Waals surface area contributed by atoms with Gasteiger partial charge in [-0.05, 0) is 43.7 Å². The van der Waals surface area contributed by atoms with Crippen molar-refractivity contribution in [3.05, 3.63) is 82.3 Å². The van der Waals surface area contributed by atoms with Crippen LogP contribution < -0.4 is 16.5 Å². The number of nitrogens with one attached hydrogen (secondary N) is 1. The van der Waals surface area contributed by atoms with Crippen LogP contribution in [0.5, 0.6) is 0 Å². The number of rotatable bonds is 7. The zero-order valence-corrected chi connectivity index (χ0v) is 21.9. The standard InChI is InChI=1S/C27H24ClFN8O2/c1-15(2)37-13-20(21-8-5-17(28)11-31-21)24(38)23(35-37)27(39)34-18-6-3-16(4-7-18)19-12-36(10-9-29)26-22(19)25(30)32-14-33-26/h3-8,11-15H,9-10H2,1-2H3,(H,34,39)(H2,30,32,33). The number of aromatic nitrogens is 6. The number of pyridine rings is 1. The minimum Gasteiger partial charge on any atom is -0.383 e. The van der Waals surface area contributed by atoms with E-state index in [1.54, 1.807) is 58.0 Å². The van der Waals surface area contributed by atoms with Gasteiger partial charge >= 0.3 is 0 Å². The topological polar surface area (TPSA) is 134 Å². The number of aryl methyl sites for hydroxylation is 1. The predicted molar refractivity (Wildman–Crippen MR) is 148 cm³/mol. The predicted octanol–water partition coefficient (Wildman–Crippen LogP) is 4.76. The number of anilines is 2. The first-order valence-corrected chi connectivity index (χ1v) is 12.5. The third-order valence-electron chi connectivity index (χ3n) is 6.15. The second kappa shape index (κ2) is 10.6. The minimum atomic E-state index is -0.657. The van der Waals surface area contributed by atoms with Crippen LogP contribution in [-0.2, 0) is 6.54 Å². The van der Waals surface area contributed by atoms with Gasteiger partial charge in [-0.15, -0.1) is 0 Å². The van der Waals surface area contributed by atoms with Crippen molar-refractivity contribution in [1.82, 2.24) is 29.3 Å². The maximum absolute atomic E-state index is 13.2. The summed E-state index contributed by atoms with van der Waals surface area (Å²) in [7, 11) is 0. The van der Waals surface area contributed by atoms with Crippen LogP contribution in [0, 0.1) is 0 Å². The zero-order valence-electron chi connectivity index (χ0n) is 21.1. The van der Waals surface area contributed by atoms with Gasteiger partial charge in [0.2, 0.25) is 5.43 Å². The highest BCUT2D eigenvalue weighted by atomic mass is 35.5. The summed E-state index contributed by atoms with van der Waals surface area (Å²) in [5.41, 5.74) is 8.41. The summed E-state index contributed by atoms with van der Waals surface area (Å²) in [6, 6.07) is 10.1. The summed E-state index contributed by atoms with van der Waals surface area (Å²) >= 11 is 5.94. The fourth-order valence-electron chi connectivity index (χ4n) is 4.19. The van der Waals surface area contributed by atoms with Crippen LogP contribution in [0.1, 0.15) is 30.4 Å². The van der Waals surface area contributed by atoms with Crippen molar-refractivity contribution in [2.75, 3.05) is 17.7 Å². The average molecular weight is 547 g/mol. The van der Waals surface area contributed by atoms with Gasteiger partial charge in [0.05, 0.1) is 28.2 Å². The highest BCUT2D eigenvalue weighted by Gasteiger charge is 2.20. The van der Waals surface area contributed by atoms with Gasteiger partial charge in [-0.25, -0.2) is 14.4 Å². The van der Waals surface area contributed by atoms with Gasteiger partial charge in [-0.1, -0.05) is 23.7 Å². The summed E-state index contributed by atoms with van der Waals surface area (Å²) in [6.45, 7) is 3.35. The number of hydrogen-bond donors (Lipinski definition) is 2. The van der Waals surface area contributed by atoms with Gasteiger partial charge in [0, 0.05) is 35.9 Å². The molecule has 39 heavy (non-hydrogen) atoms. The van der Waals surface area contributed by atoms with Crippen molar-refractivity contribution in [2.45, 2.75) is 26.4 Å². The number of benzene rings is 1. The number of amides is 1. The van der Waals surface area contributed by atoms with Crippen molar-refractivity contribution in [3.8, 4) is 22.4 Å². The lowest BCUT2D eigenvalue weighted by molar-refractivity contribution is 0.101. The number of carbonyl (C=O) groups excluding carboxylic acids is 1. The average Bonchev–Trinajstić information content (AvgIpc) is 3.29. The Labute approximate surface area is 227 Å². The molecule has 0 atom stereocenters. The fraction of sp³-hybridized carbons (Fsp3) is 0.185. The number of nitrogen functional groups attached to an aromatic ring is 1. The Balaban J connectivity index is 1.47. The van der Waals surface area contributed by atoms with Crippen LogP contribution in [0.15, 0.2) is 66.1 Å². The van der Waals surface area contributed by atoms with E-state index in [0.717, 1.165) is 11.1 Å². The normalized spacial score (nSPS) is 11.3. The molecule has 0 aliphatic heterocycles. The maximum Gasteiger partial charge on any atom is 0.280 e. The molecule has 198 valence electrons. The number of alkyl halides is 1. The Hall–Kier alpha value is -4.64. The van der Waals surface area contributed by atoms with E-state index in [1.807, 2.05) is 13.8 Å². The van der Waals surface area contributed by atoms with E-state index in [4.69, 9.17) is 17.3 Å². The molecular formula is C27H24ClFN8O2. The molecule has 0 bridgehead atoms. The number of hydrogen-bond acceptors (Lipinski definition) is 7. The van der Waals surface area contributed by atoms with E-state index in [1.165, 1.54) is 12.5 Å². The molecule has 5 rings (SSSR count). The molecule has 0 spiro atoms. The molecule has 4 heterocycles. The molecule has 5 aromatic rings. The van der Waals surface area contributed by atoms with Crippen LogP contribution in [-0.4, -0.2) is 41.9 Å². The quantitative estimate of drug-likeness (QED) is 0.301. The van der Waals surface area contributed by atoms with Crippen molar-refractivity contribution in [1.29, 1.82) is 0 Å². The molecule has 0 saturated carbocycles. The minimum absolute atomic E-state index is 0.113. The van der Waals surface area contributed by atoms with Gasteiger partial charge < -0.3 is 15.6 Å². The maximum atomic E-state index is 13.2. The molecular weight excluding hydrogens is 523 g/mol. The molecule has 0 fully saturated rings. The van der Waals surface area contributed by atoms with Crippen LogP contribution >= 0.6 is 11.6 Å². The van der Waals surface area contributed by atoms with Crippen molar-refractivity contribution in [3.63, 3.8) is 0 Å². The Kier molecular flexibility index (Phi) is 7.07. The molecule has 12 heteroatoms. The van der Waals surface area contributed by atoms with E-state index >= 15 is 0 Å². The first-order valence-electron chi connectivity index (χ1n) is 12.1. The lowest BCUT2D eigenvalue weighted by Crippen LogP contribution is -2.28. The summed E-state index contributed by atoms with van der Waals surface area (Å²) in [5, 5.41) is 8.07. The van der Waals surface area contributed by atoms with Crippen LogP contribution in [0.2, 0.25) is 5.02 Å². The van der Waals surface area contributed by atoms with Crippen LogP contribution in [0.3, 0.4) is 0 Å². The molecule has 0 unspecified atom stereocenters. The molecule has 1 amide bonds. The molecule has 0 radical (unpaired) electrons. The third-order valence-corrected chi connectivity index (χ3v) is 6.37. The van der Waals surface area contributed by atoms with Crippen molar-refractivity contribution < 1.29 is 9.18 Å². The third kappa shape index (κ3) is 5.08. The Morgan fingerprint density at radius 1 is 1.08 bits per heavy atom. The monoisotopic (exact) mass is 546 g/mol. The number of fused-ring (bicyclic) bond motifs is 1. The molecule has 0 aliphatic rings. The SMILES string of the molecule is CC(C)n1cc(-c2ccc(Cl)cn2)c(=O)c(C(=O)Nc2ccc(-c3cn(CCF)c4ncnc(N)c34)cc2)n1. The second-order valence-corrected chi connectivity index (χ2v) is 9.51. The molecule has 10 nitrogen and oxygen atoms in total. The van der Waals surface area contributed by atoms with Gasteiger partial charge in [-0.3, -0.25) is 19.3 Å². The van der Waals surface area contributed by atoms with Crippen LogP contribution in [0.4, 0.5) is 15.9 Å². The Morgan fingerprint density at radius 3 is 2.51 bits per heavy atom. The Bertz CT molecular complexity index is 1730. The summed E-state index contributed by atoms with van der Waals surface area (Å²) < 4.78 is 16.3. The van der Waals surface area contributed by atoms with Crippen molar-refractivity contribution >= 4 is 40.0 Å². The van der Waals surface area contributed by atoms with Gasteiger partial charge in [0.15, 0.2) is 5.69 Å². The van der Waals surface area contributed by atoms with Gasteiger partial charge in [0.1, 0.15) is 24.5 Å². The molecule has 0 aliphatic carbocycles. The Morgan fingerprint density at radius 2 is 1.85 bits per heavy atom. The zero-order chi connectivity index (χ0) is 27.7. The number of nitrogens with two attached hydrogens (primary N) is 1. The number of nitrogens with zero attached hydrogens (tertiary/aromatic N) is 6.